The van der Waals surface area contributed by atoms with Gasteiger partial charge in [-0.25, -0.2) is 10.0 Å². The standard InChI is InChI=1S/C22H24N4O4/c1-14-21(28)26(16-7-5-4-6-8-16)25-19(24-14)20(27)23-12-22(2,3)15-9-10-17-18(11-15)30-13-29-17/h4-11,14H,12-13H2,1-3H3,(H,23,27)(H,24,25)/t14-/m1/s1. The topological polar surface area (TPSA) is 92.3 Å². The van der Waals surface area contributed by atoms with E-state index in [2.05, 4.69) is 15.7 Å². The first-order valence-electron chi connectivity index (χ1n) is 9.77. The van der Waals surface area contributed by atoms with Crippen molar-refractivity contribution in [2.45, 2.75) is 32.2 Å². The SMILES string of the molecule is C[C@H]1N=C(C(=O)NCC(C)(C)c2ccc3c(c2)OCO3)NN(c2ccccc2)C1=O. The molecule has 2 N–H and O–H groups in total. The molecule has 2 aliphatic heterocycles. The molecule has 2 heterocycles. The molecule has 0 unspecified atom stereocenters. The number of para-hydroxylation sites is 1. The van der Waals surface area contributed by atoms with E-state index >= 15 is 0 Å². The van der Waals surface area contributed by atoms with Gasteiger partial charge < -0.3 is 14.8 Å². The molecule has 0 bridgehead atoms. The van der Waals surface area contributed by atoms with Gasteiger partial charge in [0.05, 0.1) is 5.69 Å². The first kappa shape index (κ1) is 19.8. The van der Waals surface area contributed by atoms with Gasteiger partial charge in [-0.1, -0.05) is 38.1 Å². The van der Waals surface area contributed by atoms with Crippen molar-refractivity contribution in [3.63, 3.8) is 0 Å². The third-order valence-corrected chi connectivity index (χ3v) is 5.19. The fraction of sp³-hybridized carbons (Fsp3) is 0.318. The largest absolute Gasteiger partial charge is 0.454 e. The summed E-state index contributed by atoms with van der Waals surface area (Å²) in [5.41, 5.74) is 4.15. The Bertz CT molecular complexity index is 1000. The van der Waals surface area contributed by atoms with Gasteiger partial charge >= 0.3 is 0 Å². The molecule has 2 amide bonds. The molecule has 0 saturated heterocycles. The van der Waals surface area contributed by atoms with Crippen LogP contribution in [0.15, 0.2) is 53.5 Å². The van der Waals surface area contributed by atoms with Gasteiger partial charge in [-0.3, -0.25) is 15.0 Å². The van der Waals surface area contributed by atoms with E-state index in [4.69, 9.17) is 9.47 Å². The summed E-state index contributed by atoms with van der Waals surface area (Å²) in [6, 6.07) is 14.2. The minimum atomic E-state index is -0.658. The lowest BCUT2D eigenvalue weighted by molar-refractivity contribution is -0.120. The molecular formula is C22H24N4O4. The lowest BCUT2D eigenvalue weighted by atomic mass is 9.84. The number of amidine groups is 1. The summed E-state index contributed by atoms with van der Waals surface area (Å²) in [5, 5.41) is 4.28. The highest BCUT2D eigenvalue weighted by Crippen LogP contribution is 2.36. The molecule has 2 aromatic carbocycles. The summed E-state index contributed by atoms with van der Waals surface area (Å²) in [5.74, 6) is 0.935. The lowest BCUT2D eigenvalue weighted by Gasteiger charge is -2.31. The van der Waals surface area contributed by atoms with Crippen LogP contribution in [0.3, 0.4) is 0 Å². The van der Waals surface area contributed by atoms with Gasteiger partial charge in [0.2, 0.25) is 12.6 Å². The highest BCUT2D eigenvalue weighted by molar-refractivity contribution is 6.39. The number of hydrogen-bond acceptors (Lipinski definition) is 6. The third kappa shape index (κ3) is 3.80. The minimum absolute atomic E-state index is 0.104. The van der Waals surface area contributed by atoms with Gasteiger partial charge in [-0.05, 0) is 36.8 Å². The normalized spacial score (nSPS) is 18.0. The molecule has 0 aliphatic carbocycles. The number of fused-ring (bicyclic) bond motifs is 1. The number of amides is 2. The highest BCUT2D eigenvalue weighted by atomic mass is 16.7. The molecule has 4 rings (SSSR count). The number of benzene rings is 2. The van der Waals surface area contributed by atoms with Crippen LogP contribution in [0.5, 0.6) is 11.5 Å². The lowest BCUT2D eigenvalue weighted by Crippen LogP contribution is -2.58. The van der Waals surface area contributed by atoms with Crippen LogP contribution >= 0.6 is 0 Å². The second kappa shape index (κ2) is 7.70. The number of hydrogen-bond donors (Lipinski definition) is 2. The maximum Gasteiger partial charge on any atom is 0.288 e. The molecule has 2 aliphatic rings. The smallest absolute Gasteiger partial charge is 0.288 e. The zero-order valence-corrected chi connectivity index (χ0v) is 17.1. The quantitative estimate of drug-likeness (QED) is 0.791. The van der Waals surface area contributed by atoms with Crippen molar-refractivity contribution in [2.75, 3.05) is 18.3 Å². The number of rotatable bonds is 5. The molecule has 0 saturated carbocycles. The van der Waals surface area contributed by atoms with Crippen molar-refractivity contribution in [1.82, 2.24) is 10.7 Å². The molecule has 2 aromatic rings. The number of nitrogens with one attached hydrogen (secondary N) is 2. The van der Waals surface area contributed by atoms with Crippen LogP contribution in [0.4, 0.5) is 5.69 Å². The maximum atomic E-state index is 12.8. The average Bonchev–Trinajstić information content (AvgIpc) is 3.22. The second-order valence-corrected chi connectivity index (χ2v) is 7.91. The predicted molar refractivity (Wildman–Crippen MR) is 113 cm³/mol. The number of ether oxygens (including phenoxy) is 2. The van der Waals surface area contributed by atoms with Crippen LogP contribution in [-0.2, 0) is 15.0 Å². The van der Waals surface area contributed by atoms with E-state index in [1.165, 1.54) is 5.01 Å². The van der Waals surface area contributed by atoms with E-state index in [9.17, 15) is 9.59 Å². The molecule has 0 aromatic heterocycles. The highest BCUT2D eigenvalue weighted by Gasteiger charge is 2.32. The predicted octanol–water partition coefficient (Wildman–Crippen LogP) is 2.15. The number of hydrazine groups is 1. The van der Waals surface area contributed by atoms with Gasteiger partial charge in [-0.15, -0.1) is 0 Å². The van der Waals surface area contributed by atoms with Crippen molar-refractivity contribution in [3.8, 4) is 11.5 Å². The molecule has 0 fully saturated rings. The molecule has 0 radical (unpaired) electrons. The monoisotopic (exact) mass is 408 g/mol. The number of aliphatic imine (C=N–C) groups is 1. The molecule has 8 nitrogen and oxygen atoms in total. The van der Waals surface area contributed by atoms with Gasteiger partial charge in [0.25, 0.3) is 11.8 Å². The van der Waals surface area contributed by atoms with E-state index in [1.54, 1.807) is 19.1 Å². The van der Waals surface area contributed by atoms with Crippen molar-refractivity contribution in [3.05, 3.63) is 54.1 Å². The van der Waals surface area contributed by atoms with Crippen LogP contribution in [0.25, 0.3) is 0 Å². The van der Waals surface area contributed by atoms with Gasteiger partial charge in [0.15, 0.2) is 11.5 Å². The summed E-state index contributed by atoms with van der Waals surface area (Å²) >= 11 is 0. The van der Waals surface area contributed by atoms with Gasteiger partial charge in [0.1, 0.15) is 6.04 Å². The Morgan fingerprint density at radius 1 is 1.20 bits per heavy atom. The van der Waals surface area contributed by atoms with Crippen molar-refractivity contribution >= 4 is 23.3 Å². The minimum Gasteiger partial charge on any atom is -0.454 e. The van der Waals surface area contributed by atoms with Crippen LogP contribution in [0.1, 0.15) is 26.3 Å². The summed E-state index contributed by atoms with van der Waals surface area (Å²) in [6.07, 6.45) is 0. The number of carbonyl (C=O) groups is 2. The van der Waals surface area contributed by atoms with Crippen molar-refractivity contribution in [2.24, 2.45) is 4.99 Å². The third-order valence-electron chi connectivity index (χ3n) is 5.19. The number of anilines is 1. The summed E-state index contributed by atoms with van der Waals surface area (Å²) in [7, 11) is 0. The van der Waals surface area contributed by atoms with Crippen LogP contribution < -0.4 is 25.2 Å². The maximum absolute atomic E-state index is 12.8. The van der Waals surface area contributed by atoms with Gasteiger partial charge in [-0.2, -0.15) is 0 Å². The molecular weight excluding hydrogens is 384 g/mol. The van der Waals surface area contributed by atoms with Crippen LogP contribution in [-0.4, -0.2) is 37.0 Å². The molecule has 1 atom stereocenters. The van der Waals surface area contributed by atoms with E-state index in [1.807, 2.05) is 50.2 Å². The summed E-state index contributed by atoms with van der Waals surface area (Å²) in [4.78, 5) is 29.5. The average molecular weight is 408 g/mol. The Morgan fingerprint density at radius 2 is 1.93 bits per heavy atom. The first-order chi connectivity index (χ1) is 14.3. The Morgan fingerprint density at radius 3 is 2.70 bits per heavy atom. The second-order valence-electron chi connectivity index (χ2n) is 7.91. The van der Waals surface area contributed by atoms with E-state index < -0.39 is 6.04 Å². The Balaban J connectivity index is 1.45. The van der Waals surface area contributed by atoms with Crippen LogP contribution in [0, 0.1) is 0 Å². The molecule has 156 valence electrons. The number of carbonyl (C=O) groups excluding carboxylic acids is 2. The Hall–Kier alpha value is -3.55. The zero-order valence-electron chi connectivity index (χ0n) is 17.1. The number of nitrogens with zero attached hydrogens (tertiary/aromatic N) is 2. The first-order valence-corrected chi connectivity index (χ1v) is 9.77. The van der Waals surface area contributed by atoms with Crippen molar-refractivity contribution < 1.29 is 19.1 Å². The molecule has 30 heavy (non-hydrogen) atoms. The fourth-order valence-corrected chi connectivity index (χ4v) is 3.31. The Labute approximate surface area is 174 Å². The molecule has 0 spiro atoms. The van der Waals surface area contributed by atoms with Crippen LogP contribution in [0.2, 0.25) is 0 Å². The van der Waals surface area contributed by atoms with Crippen molar-refractivity contribution in [1.29, 1.82) is 0 Å². The zero-order chi connectivity index (χ0) is 21.3. The van der Waals surface area contributed by atoms with Gasteiger partial charge in [0, 0.05) is 12.0 Å². The summed E-state index contributed by atoms with van der Waals surface area (Å²) < 4.78 is 10.8. The van der Waals surface area contributed by atoms with E-state index in [-0.39, 0.29) is 29.9 Å². The Kier molecular flexibility index (Phi) is 5.07. The van der Waals surface area contributed by atoms with E-state index in [0.29, 0.717) is 18.0 Å². The summed E-state index contributed by atoms with van der Waals surface area (Å²) in [6.45, 7) is 6.33. The molecule has 8 heteroatoms. The fourth-order valence-electron chi connectivity index (χ4n) is 3.31. The van der Waals surface area contributed by atoms with E-state index in [0.717, 1.165) is 11.3 Å².